The molecule has 2 N–H and O–H groups in total. The Bertz CT molecular complexity index is 1270. The van der Waals surface area contributed by atoms with E-state index in [4.69, 9.17) is 10.1 Å². The van der Waals surface area contributed by atoms with Gasteiger partial charge in [0.05, 0.1) is 23.0 Å². The number of pyridine rings is 2. The minimum Gasteiger partial charge on any atom is -0.506 e. The third-order valence-electron chi connectivity index (χ3n) is 9.06. The van der Waals surface area contributed by atoms with Gasteiger partial charge in [-0.1, -0.05) is 38.0 Å². The van der Waals surface area contributed by atoms with E-state index in [1.54, 1.807) is 26.1 Å². The molecule has 2 aromatic rings. The lowest BCUT2D eigenvalue weighted by molar-refractivity contribution is -0.123. The van der Waals surface area contributed by atoms with E-state index in [0.29, 0.717) is 11.8 Å². The van der Waals surface area contributed by atoms with Gasteiger partial charge in [-0.3, -0.25) is 9.78 Å². The number of piperidine rings is 1. The molecule has 3 aliphatic rings. The van der Waals surface area contributed by atoms with Crippen LogP contribution in [0.25, 0.3) is 6.08 Å². The summed E-state index contributed by atoms with van der Waals surface area (Å²) in [5.74, 6) is 3.37. The zero-order valence-electron chi connectivity index (χ0n) is 24.4. The average molecular weight is 545 g/mol. The summed E-state index contributed by atoms with van der Waals surface area (Å²) in [5.41, 5.74) is 4.74. The van der Waals surface area contributed by atoms with Crippen molar-refractivity contribution in [2.45, 2.75) is 89.9 Å². The van der Waals surface area contributed by atoms with Crippen LogP contribution in [0, 0.1) is 12.3 Å². The smallest absolute Gasteiger partial charge is 0.145 e. The summed E-state index contributed by atoms with van der Waals surface area (Å²) < 4.78 is 0. The predicted octanol–water partition coefficient (Wildman–Crippen LogP) is 6.18. The van der Waals surface area contributed by atoms with Gasteiger partial charge in [0.2, 0.25) is 0 Å². The van der Waals surface area contributed by atoms with E-state index in [9.17, 15) is 9.59 Å². The molecule has 1 saturated heterocycles. The summed E-state index contributed by atoms with van der Waals surface area (Å²) in [6, 6.07) is 5.78. The molecular formula is C33H44N4O3. The van der Waals surface area contributed by atoms with Gasteiger partial charge in [0.25, 0.3) is 0 Å². The van der Waals surface area contributed by atoms with E-state index in [-0.39, 0.29) is 11.5 Å². The Balaban J connectivity index is 0.000000283. The molecule has 0 unspecified atom stereocenters. The highest BCUT2D eigenvalue weighted by Crippen LogP contribution is 2.52. The molecule has 7 heteroatoms. The molecular weight excluding hydrogens is 500 g/mol. The number of allylic oxidation sites excluding steroid dienone is 1. The van der Waals surface area contributed by atoms with Crippen molar-refractivity contribution in [2.24, 2.45) is 5.41 Å². The molecule has 1 aliphatic heterocycles. The number of rotatable bonds is 8. The first-order valence-electron chi connectivity index (χ1n) is 14.7. The number of carbonyl (C=O) groups excluding carboxylic acids is 2. The maximum absolute atomic E-state index is 12.8. The largest absolute Gasteiger partial charge is 0.506 e. The van der Waals surface area contributed by atoms with Crippen molar-refractivity contribution in [3.05, 3.63) is 59.2 Å². The molecule has 0 amide bonds. The molecule has 0 bridgehead atoms. The third-order valence-corrected chi connectivity index (χ3v) is 9.06. The quantitative estimate of drug-likeness (QED) is 0.383. The topological polar surface area (TPSA) is 95.4 Å². The van der Waals surface area contributed by atoms with Gasteiger partial charge < -0.3 is 15.3 Å². The van der Waals surface area contributed by atoms with Crippen molar-refractivity contribution in [3.63, 3.8) is 0 Å². The van der Waals surface area contributed by atoms with E-state index in [2.05, 4.69) is 33.8 Å². The highest BCUT2D eigenvalue weighted by Gasteiger charge is 2.46. The van der Waals surface area contributed by atoms with E-state index in [0.717, 1.165) is 79.2 Å². The standard InChI is InChI=1S/C25H34N2O2.C8H10N2O/c1-19-7-8-21(23(26-19)25(20(2)29)12-4-3-5-13-25)9-10-22(17-28)27-16-6-11-24(18-27)14-15-24;1-3-6-4-7(11)5-10-8(6)9-2/h7-8H,3-6,9-16,18H2,1-2H3;3-5,11H,1H2,2H3,(H,9,10). The Morgan fingerprint density at radius 3 is 2.55 bits per heavy atom. The first-order valence-corrected chi connectivity index (χ1v) is 14.7. The zero-order valence-corrected chi connectivity index (χ0v) is 24.4. The van der Waals surface area contributed by atoms with Crippen LogP contribution in [-0.4, -0.2) is 51.8 Å². The fourth-order valence-corrected chi connectivity index (χ4v) is 6.50. The molecule has 3 heterocycles. The fraction of sp³-hybridized carbons (Fsp3) is 0.545. The molecule has 214 valence electrons. The van der Waals surface area contributed by atoms with Crippen molar-refractivity contribution in [1.29, 1.82) is 0 Å². The summed E-state index contributed by atoms with van der Waals surface area (Å²) in [7, 11) is 1.77. The number of likely N-dealkylation sites (tertiary alicyclic amines) is 1. The second-order valence-electron chi connectivity index (χ2n) is 11.8. The number of aryl methyl sites for hydroxylation is 2. The van der Waals surface area contributed by atoms with E-state index in [1.807, 2.05) is 13.0 Å². The summed E-state index contributed by atoms with van der Waals surface area (Å²) in [4.78, 5) is 35.7. The Labute approximate surface area is 238 Å². The van der Waals surface area contributed by atoms with Crippen LogP contribution < -0.4 is 5.32 Å². The zero-order chi connectivity index (χ0) is 28.8. The Kier molecular flexibility index (Phi) is 9.47. The van der Waals surface area contributed by atoms with Crippen LogP contribution in [0.3, 0.4) is 0 Å². The van der Waals surface area contributed by atoms with Crippen LogP contribution in [-0.2, 0) is 21.4 Å². The Morgan fingerprint density at radius 2 is 1.93 bits per heavy atom. The molecule has 3 fully saturated rings. The summed E-state index contributed by atoms with van der Waals surface area (Å²) in [6.45, 7) is 9.32. The lowest BCUT2D eigenvalue weighted by Gasteiger charge is -2.37. The molecule has 2 aromatic heterocycles. The normalized spacial score (nSPS) is 18.6. The highest BCUT2D eigenvalue weighted by atomic mass is 16.3. The van der Waals surface area contributed by atoms with Gasteiger partial charge >= 0.3 is 0 Å². The molecule has 0 radical (unpaired) electrons. The van der Waals surface area contributed by atoms with Gasteiger partial charge in [-0.25, -0.2) is 9.78 Å². The van der Waals surface area contributed by atoms with Crippen molar-refractivity contribution >= 4 is 23.6 Å². The predicted molar refractivity (Wildman–Crippen MR) is 160 cm³/mol. The second kappa shape index (κ2) is 12.8. The van der Waals surface area contributed by atoms with Gasteiger partial charge in [-0.2, -0.15) is 0 Å². The van der Waals surface area contributed by atoms with E-state index >= 15 is 0 Å². The molecule has 7 nitrogen and oxygen atoms in total. The van der Waals surface area contributed by atoms with Crippen LogP contribution in [0.1, 0.15) is 93.6 Å². The first kappa shape index (κ1) is 29.5. The SMILES string of the molecule is C=Cc1cc(O)cnc1NC.CC(=O)C1(c2nc(C)ccc2CCC(=C=O)N2CCCC3(CC3)C2)CCCCC1. The maximum atomic E-state index is 12.8. The molecule has 1 spiro atoms. The molecule has 0 aromatic carbocycles. The minimum atomic E-state index is -0.437. The lowest BCUT2D eigenvalue weighted by Crippen LogP contribution is -2.38. The van der Waals surface area contributed by atoms with Crippen molar-refractivity contribution in [1.82, 2.24) is 14.9 Å². The number of hydrogen-bond acceptors (Lipinski definition) is 7. The molecule has 0 atom stereocenters. The number of aromatic hydroxyl groups is 1. The molecule has 5 rings (SSSR count). The highest BCUT2D eigenvalue weighted by molar-refractivity contribution is 5.88. The van der Waals surface area contributed by atoms with E-state index in [1.165, 1.54) is 38.3 Å². The summed E-state index contributed by atoms with van der Waals surface area (Å²) in [6.07, 6.45) is 14.7. The monoisotopic (exact) mass is 544 g/mol. The number of anilines is 1. The average Bonchev–Trinajstić information content (AvgIpc) is 3.72. The number of hydrogen-bond donors (Lipinski definition) is 2. The van der Waals surface area contributed by atoms with Gasteiger partial charge in [-0.05, 0) is 81.9 Å². The second-order valence-corrected chi connectivity index (χ2v) is 11.8. The number of carbonyl (C=O) groups is 1. The number of aromatic nitrogens is 2. The van der Waals surface area contributed by atoms with Gasteiger partial charge in [0.15, 0.2) is 0 Å². The molecule has 2 saturated carbocycles. The van der Waals surface area contributed by atoms with Gasteiger partial charge in [-0.15, -0.1) is 0 Å². The van der Waals surface area contributed by atoms with E-state index < -0.39 is 5.41 Å². The summed E-state index contributed by atoms with van der Waals surface area (Å²) in [5, 5.41) is 11.9. The lowest BCUT2D eigenvalue weighted by atomic mass is 9.67. The van der Waals surface area contributed by atoms with Gasteiger partial charge in [0, 0.05) is 37.8 Å². The Morgan fingerprint density at radius 1 is 1.18 bits per heavy atom. The Hall–Kier alpha value is -3.44. The fourth-order valence-electron chi connectivity index (χ4n) is 6.50. The number of Topliss-reactive ketones (excluding diaryl/α,β-unsaturated/α-hetero) is 1. The van der Waals surface area contributed by atoms with Crippen LogP contribution in [0.4, 0.5) is 5.82 Å². The molecule has 2 aliphatic carbocycles. The van der Waals surface area contributed by atoms with Crippen LogP contribution in [0.15, 0.2) is 36.7 Å². The molecule has 40 heavy (non-hydrogen) atoms. The van der Waals surface area contributed by atoms with Crippen LogP contribution in [0.5, 0.6) is 5.75 Å². The van der Waals surface area contributed by atoms with Crippen molar-refractivity contribution < 1.29 is 14.7 Å². The van der Waals surface area contributed by atoms with Crippen LogP contribution in [0.2, 0.25) is 0 Å². The number of ketones is 1. The summed E-state index contributed by atoms with van der Waals surface area (Å²) >= 11 is 0. The van der Waals surface area contributed by atoms with Crippen molar-refractivity contribution in [3.8, 4) is 5.75 Å². The van der Waals surface area contributed by atoms with Gasteiger partial charge in [0.1, 0.15) is 23.3 Å². The number of nitrogens with zero attached hydrogens (tertiary/aromatic N) is 3. The van der Waals surface area contributed by atoms with Crippen LogP contribution >= 0.6 is 0 Å². The maximum Gasteiger partial charge on any atom is 0.145 e. The minimum absolute atomic E-state index is 0.152. The number of nitrogens with one attached hydrogen (secondary N) is 1. The first-order chi connectivity index (χ1) is 19.3. The third kappa shape index (κ3) is 6.64. The van der Waals surface area contributed by atoms with Crippen molar-refractivity contribution in [2.75, 3.05) is 25.5 Å².